The molecule has 0 aromatic heterocycles. The summed E-state index contributed by atoms with van der Waals surface area (Å²) in [5.74, 6) is 2.00. The summed E-state index contributed by atoms with van der Waals surface area (Å²) in [7, 11) is 0. The van der Waals surface area contributed by atoms with Gasteiger partial charge in [-0.05, 0) is 57.4 Å². The van der Waals surface area contributed by atoms with E-state index in [1.54, 1.807) is 0 Å². The minimum atomic E-state index is 0.281. The second-order valence-electron chi connectivity index (χ2n) is 6.61. The molecule has 1 aliphatic carbocycles. The quantitative estimate of drug-likeness (QED) is 0.742. The normalized spacial score (nSPS) is 42.4. The molecule has 0 aromatic carbocycles. The molecule has 2 aliphatic rings. The molecule has 0 spiro atoms. The van der Waals surface area contributed by atoms with E-state index in [0.717, 1.165) is 18.3 Å². The van der Waals surface area contributed by atoms with Crippen LogP contribution in [-0.2, 0) is 0 Å². The minimum Gasteiger partial charge on any atom is -0.296 e. The lowest BCUT2D eigenvalue weighted by atomic mass is 9.75. The van der Waals surface area contributed by atoms with Gasteiger partial charge in [0, 0.05) is 12.1 Å². The van der Waals surface area contributed by atoms with E-state index in [1.165, 1.54) is 38.6 Å². The van der Waals surface area contributed by atoms with Gasteiger partial charge in [-0.2, -0.15) is 5.26 Å². The molecule has 1 aliphatic heterocycles. The summed E-state index contributed by atoms with van der Waals surface area (Å²) >= 11 is 0. The fourth-order valence-corrected chi connectivity index (χ4v) is 4.04. The summed E-state index contributed by atoms with van der Waals surface area (Å²) in [6.07, 6.45) is 7.56. The Bertz CT molecular complexity index is 307. The van der Waals surface area contributed by atoms with Gasteiger partial charge in [0.05, 0.1) is 12.0 Å². The van der Waals surface area contributed by atoms with Crippen LogP contribution >= 0.6 is 0 Å². The molecule has 2 rings (SSSR count). The van der Waals surface area contributed by atoms with Gasteiger partial charge in [0.15, 0.2) is 0 Å². The SMILES string of the molecule is CCC1CCC(C#N)C(N2CCC(C)CC2C)C1. The maximum atomic E-state index is 9.41. The summed E-state index contributed by atoms with van der Waals surface area (Å²) < 4.78 is 0. The van der Waals surface area contributed by atoms with Crippen molar-refractivity contribution in [2.75, 3.05) is 6.54 Å². The maximum absolute atomic E-state index is 9.41. The van der Waals surface area contributed by atoms with Gasteiger partial charge >= 0.3 is 0 Å². The fourth-order valence-electron chi connectivity index (χ4n) is 4.04. The lowest BCUT2D eigenvalue weighted by molar-refractivity contribution is 0.0309. The van der Waals surface area contributed by atoms with Crippen molar-refractivity contribution in [1.29, 1.82) is 5.26 Å². The molecule has 18 heavy (non-hydrogen) atoms. The molecule has 1 saturated carbocycles. The van der Waals surface area contributed by atoms with Crippen molar-refractivity contribution < 1.29 is 0 Å². The first-order chi connectivity index (χ1) is 8.65. The molecule has 1 heterocycles. The van der Waals surface area contributed by atoms with Crippen LogP contribution in [0.2, 0.25) is 0 Å². The predicted octanol–water partition coefficient (Wildman–Crippen LogP) is 3.83. The van der Waals surface area contributed by atoms with E-state index in [4.69, 9.17) is 0 Å². The highest BCUT2D eigenvalue weighted by molar-refractivity contribution is 4.99. The zero-order chi connectivity index (χ0) is 13.1. The van der Waals surface area contributed by atoms with Gasteiger partial charge in [-0.25, -0.2) is 0 Å². The maximum Gasteiger partial charge on any atom is 0.0672 e. The van der Waals surface area contributed by atoms with Crippen LogP contribution < -0.4 is 0 Å². The van der Waals surface area contributed by atoms with Crippen molar-refractivity contribution in [1.82, 2.24) is 4.90 Å². The van der Waals surface area contributed by atoms with Crippen molar-refractivity contribution in [3.63, 3.8) is 0 Å². The third-order valence-corrected chi connectivity index (χ3v) is 5.28. The van der Waals surface area contributed by atoms with E-state index in [2.05, 4.69) is 31.7 Å². The van der Waals surface area contributed by atoms with Crippen molar-refractivity contribution >= 4 is 0 Å². The standard InChI is InChI=1S/C16H28N2/c1-4-14-5-6-15(11-17)16(10-14)18-8-7-12(2)9-13(18)3/h12-16H,4-10H2,1-3H3. The Hall–Kier alpha value is -0.550. The largest absolute Gasteiger partial charge is 0.296 e. The van der Waals surface area contributed by atoms with Crippen molar-refractivity contribution in [3.05, 3.63) is 0 Å². The second kappa shape index (κ2) is 6.06. The van der Waals surface area contributed by atoms with Crippen LogP contribution in [0.1, 0.15) is 59.3 Å². The molecule has 102 valence electrons. The van der Waals surface area contributed by atoms with Crippen molar-refractivity contribution in [3.8, 4) is 6.07 Å². The lowest BCUT2D eigenvalue weighted by Gasteiger charge is -2.46. The molecule has 0 radical (unpaired) electrons. The molecule has 5 atom stereocenters. The Morgan fingerprint density at radius 2 is 1.94 bits per heavy atom. The monoisotopic (exact) mass is 248 g/mol. The number of rotatable bonds is 2. The number of nitriles is 1. The van der Waals surface area contributed by atoms with Crippen molar-refractivity contribution in [2.24, 2.45) is 17.8 Å². The molecular weight excluding hydrogens is 220 g/mol. The molecule has 5 unspecified atom stereocenters. The zero-order valence-corrected chi connectivity index (χ0v) is 12.2. The molecule has 0 bridgehead atoms. The number of piperidine rings is 1. The lowest BCUT2D eigenvalue weighted by Crippen LogP contribution is -2.51. The number of nitrogens with zero attached hydrogens (tertiary/aromatic N) is 2. The minimum absolute atomic E-state index is 0.281. The fraction of sp³-hybridized carbons (Fsp3) is 0.938. The Kier molecular flexibility index (Phi) is 4.67. The molecular formula is C16H28N2. The van der Waals surface area contributed by atoms with E-state index < -0.39 is 0 Å². The molecule has 2 fully saturated rings. The molecule has 0 N–H and O–H groups in total. The highest BCUT2D eigenvalue weighted by Gasteiger charge is 2.37. The zero-order valence-electron chi connectivity index (χ0n) is 12.2. The molecule has 2 nitrogen and oxygen atoms in total. The van der Waals surface area contributed by atoms with Crippen LogP contribution in [0.5, 0.6) is 0 Å². The van der Waals surface area contributed by atoms with Gasteiger partial charge in [-0.15, -0.1) is 0 Å². The topological polar surface area (TPSA) is 27.0 Å². The highest BCUT2D eigenvalue weighted by Crippen LogP contribution is 2.37. The number of hydrogen-bond donors (Lipinski definition) is 0. The van der Waals surface area contributed by atoms with Gasteiger partial charge < -0.3 is 0 Å². The van der Waals surface area contributed by atoms with Crippen molar-refractivity contribution in [2.45, 2.75) is 71.4 Å². The van der Waals surface area contributed by atoms with Crippen LogP contribution in [0.25, 0.3) is 0 Å². The highest BCUT2D eigenvalue weighted by atomic mass is 15.2. The Morgan fingerprint density at radius 1 is 1.17 bits per heavy atom. The summed E-state index contributed by atoms with van der Waals surface area (Å²) in [5, 5.41) is 9.41. The first-order valence-electron chi connectivity index (χ1n) is 7.81. The van der Waals surface area contributed by atoms with E-state index in [1.807, 2.05) is 0 Å². The third kappa shape index (κ3) is 2.88. The molecule has 0 amide bonds. The van der Waals surface area contributed by atoms with E-state index >= 15 is 0 Å². The second-order valence-corrected chi connectivity index (χ2v) is 6.61. The van der Waals surface area contributed by atoms with Crippen LogP contribution in [0.3, 0.4) is 0 Å². The summed E-state index contributed by atoms with van der Waals surface area (Å²) in [6, 6.07) is 3.80. The van der Waals surface area contributed by atoms with Gasteiger partial charge in [0.25, 0.3) is 0 Å². The first kappa shape index (κ1) is 13.9. The molecule has 1 saturated heterocycles. The summed E-state index contributed by atoms with van der Waals surface area (Å²) in [5.41, 5.74) is 0. The Labute approximate surface area is 112 Å². The molecule has 0 aromatic rings. The van der Waals surface area contributed by atoms with Crippen LogP contribution in [-0.4, -0.2) is 23.5 Å². The Balaban J connectivity index is 2.05. The summed E-state index contributed by atoms with van der Waals surface area (Å²) in [4.78, 5) is 2.66. The first-order valence-corrected chi connectivity index (χ1v) is 7.81. The predicted molar refractivity (Wildman–Crippen MR) is 75.1 cm³/mol. The molecule has 2 heteroatoms. The third-order valence-electron chi connectivity index (χ3n) is 5.28. The smallest absolute Gasteiger partial charge is 0.0672 e. The summed E-state index contributed by atoms with van der Waals surface area (Å²) in [6.45, 7) is 8.24. The average Bonchev–Trinajstić information content (AvgIpc) is 2.38. The number of likely N-dealkylation sites (tertiary alicyclic amines) is 1. The number of hydrogen-bond acceptors (Lipinski definition) is 2. The van der Waals surface area contributed by atoms with Gasteiger partial charge in [0.1, 0.15) is 0 Å². The average molecular weight is 248 g/mol. The van der Waals surface area contributed by atoms with Gasteiger partial charge in [-0.1, -0.05) is 20.3 Å². The van der Waals surface area contributed by atoms with E-state index in [-0.39, 0.29) is 5.92 Å². The van der Waals surface area contributed by atoms with Crippen LogP contribution in [0.15, 0.2) is 0 Å². The Morgan fingerprint density at radius 3 is 2.56 bits per heavy atom. The van der Waals surface area contributed by atoms with Gasteiger partial charge in [0.2, 0.25) is 0 Å². The van der Waals surface area contributed by atoms with Gasteiger partial charge in [-0.3, -0.25) is 4.90 Å². The van der Waals surface area contributed by atoms with E-state index in [9.17, 15) is 5.26 Å². The van der Waals surface area contributed by atoms with Crippen LogP contribution in [0, 0.1) is 29.1 Å². The van der Waals surface area contributed by atoms with E-state index in [0.29, 0.717) is 12.1 Å². The van der Waals surface area contributed by atoms with Crippen LogP contribution in [0.4, 0.5) is 0 Å².